The summed E-state index contributed by atoms with van der Waals surface area (Å²) in [5.74, 6) is 1.49. The molecule has 0 unspecified atom stereocenters. The third-order valence-electron chi connectivity index (χ3n) is 4.92. The van der Waals surface area contributed by atoms with Crippen molar-refractivity contribution in [2.45, 2.75) is 45.4 Å². The molecule has 6 nitrogen and oxygen atoms in total. The minimum absolute atomic E-state index is 0.0895. The smallest absolute Gasteiger partial charge is 0.251 e. The maximum absolute atomic E-state index is 12.1. The number of ether oxygens (including phenoxy) is 1. The topological polar surface area (TPSA) is 58.8 Å². The Hall–Kier alpha value is -1.40. The van der Waals surface area contributed by atoms with Gasteiger partial charge in [0, 0.05) is 32.7 Å². The minimum Gasteiger partial charge on any atom is -0.364 e. The average molecular weight is 307 g/mol. The number of aryl methyl sites for hydroxylation is 2. The van der Waals surface area contributed by atoms with Gasteiger partial charge in [-0.2, -0.15) is 0 Å². The van der Waals surface area contributed by atoms with Gasteiger partial charge in [0.05, 0.1) is 11.8 Å². The van der Waals surface area contributed by atoms with E-state index in [2.05, 4.69) is 10.1 Å². The van der Waals surface area contributed by atoms with E-state index < -0.39 is 0 Å². The van der Waals surface area contributed by atoms with Crippen molar-refractivity contribution in [3.63, 3.8) is 0 Å². The summed E-state index contributed by atoms with van der Waals surface area (Å²) < 4.78 is 11.3. The fourth-order valence-corrected chi connectivity index (χ4v) is 3.54. The van der Waals surface area contributed by atoms with Gasteiger partial charge in [0.15, 0.2) is 0 Å². The number of likely N-dealkylation sites (tertiary alicyclic amines) is 1. The van der Waals surface area contributed by atoms with Crippen LogP contribution in [0, 0.1) is 19.8 Å². The van der Waals surface area contributed by atoms with Gasteiger partial charge in [-0.05, 0) is 39.2 Å². The molecule has 122 valence electrons. The highest BCUT2D eigenvalue weighted by Gasteiger charge is 2.42. The normalized spacial score (nSPS) is 28.6. The van der Waals surface area contributed by atoms with Gasteiger partial charge in [-0.3, -0.25) is 9.69 Å². The average Bonchev–Trinajstić information content (AvgIpc) is 3.04. The lowest BCUT2D eigenvalue weighted by Gasteiger charge is -2.33. The fraction of sp³-hybridized carbons (Fsp3) is 0.750. The molecule has 0 aliphatic carbocycles. The molecule has 0 spiro atoms. The van der Waals surface area contributed by atoms with Crippen LogP contribution in [0.4, 0.5) is 0 Å². The summed E-state index contributed by atoms with van der Waals surface area (Å²) in [6.45, 7) is 6.71. The molecule has 2 aliphatic rings. The number of likely N-dealkylation sites (N-methyl/N-ethyl adjacent to an activating group) is 1. The molecule has 2 aliphatic heterocycles. The lowest BCUT2D eigenvalue weighted by Crippen LogP contribution is -2.42. The second-order valence-corrected chi connectivity index (χ2v) is 6.72. The van der Waals surface area contributed by atoms with Crippen LogP contribution in [0.3, 0.4) is 0 Å². The molecule has 0 N–H and O–H groups in total. The molecule has 0 aromatic carbocycles. The monoisotopic (exact) mass is 307 g/mol. The van der Waals surface area contributed by atoms with Crippen molar-refractivity contribution >= 4 is 5.91 Å². The molecule has 6 heteroatoms. The molecule has 1 aromatic rings. The summed E-state index contributed by atoms with van der Waals surface area (Å²) in [4.78, 5) is 16.1. The van der Waals surface area contributed by atoms with Crippen molar-refractivity contribution in [3.05, 3.63) is 17.0 Å². The Bertz CT molecular complexity index is 535. The van der Waals surface area contributed by atoms with Crippen molar-refractivity contribution in [1.82, 2.24) is 15.0 Å². The number of amides is 1. The molecule has 3 atom stereocenters. The second-order valence-electron chi connectivity index (χ2n) is 6.72. The number of aromatic nitrogens is 1. The fourth-order valence-electron chi connectivity index (χ4n) is 3.54. The number of hydrogen-bond acceptors (Lipinski definition) is 5. The van der Waals surface area contributed by atoms with Crippen molar-refractivity contribution < 1.29 is 14.1 Å². The highest BCUT2D eigenvalue weighted by molar-refractivity contribution is 5.80. The van der Waals surface area contributed by atoms with E-state index in [0.29, 0.717) is 5.92 Å². The molecule has 2 saturated heterocycles. The van der Waals surface area contributed by atoms with Crippen molar-refractivity contribution in [2.75, 3.05) is 27.2 Å². The number of rotatable bonds is 3. The van der Waals surface area contributed by atoms with Crippen LogP contribution >= 0.6 is 0 Å². The first-order valence-electron chi connectivity index (χ1n) is 7.96. The Morgan fingerprint density at radius 1 is 1.41 bits per heavy atom. The summed E-state index contributed by atoms with van der Waals surface area (Å²) in [5.41, 5.74) is 2.14. The SMILES string of the molecule is Cc1noc(C)c1CN1CC[C@@H]2C[C@H](C(=O)N(C)C)O[C@@H]2C1. The van der Waals surface area contributed by atoms with Crippen LogP contribution in [0.15, 0.2) is 4.52 Å². The summed E-state index contributed by atoms with van der Waals surface area (Å²) in [6.07, 6.45) is 1.86. The Morgan fingerprint density at radius 3 is 2.82 bits per heavy atom. The standard InChI is InChI=1S/C16H25N3O3/c1-10-13(11(2)22-17-10)8-19-6-5-12-7-14(16(20)18(3)4)21-15(12)9-19/h12,14-15H,5-9H2,1-4H3/t12-,14-,15-/m1/s1. The van der Waals surface area contributed by atoms with Gasteiger partial charge in [-0.15, -0.1) is 0 Å². The first-order chi connectivity index (χ1) is 10.5. The predicted molar refractivity (Wildman–Crippen MR) is 81.3 cm³/mol. The summed E-state index contributed by atoms with van der Waals surface area (Å²) in [6, 6.07) is 0. The van der Waals surface area contributed by atoms with Crippen LogP contribution in [-0.2, 0) is 16.1 Å². The zero-order valence-electron chi connectivity index (χ0n) is 13.8. The van der Waals surface area contributed by atoms with Crippen LogP contribution in [0.5, 0.6) is 0 Å². The molecule has 0 bridgehead atoms. The molecule has 3 heterocycles. The third kappa shape index (κ3) is 2.90. The van der Waals surface area contributed by atoms with E-state index in [1.54, 1.807) is 19.0 Å². The van der Waals surface area contributed by atoms with Gasteiger partial charge in [-0.1, -0.05) is 5.16 Å². The lowest BCUT2D eigenvalue weighted by molar-refractivity contribution is -0.141. The quantitative estimate of drug-likeness (QED) is 0.844. The van der Waals surface area contributed by atoms with Gasteiger partial charge in [0.1, 0.15) is 11.9 Å². The summed E-state index contributed by atoms with van der Waals surface area (Å²) in [5, 5.41) is 4.02. The van der Waals surface area contributed by atoms with E-state index in [9.17, 15) is 4.79 Å². The summed E-state index contributed by atoms with van der Waals surface area (Å²) >= 11 is 0. The number of piperidine rings is 1. The molecule has 3 rings (SSSR count). The first kappa shape index (κ1) is 15.5. The third-order valence-corrected chi connectivity index (χ3v) is 4.92. The Kier molecular flexibility index (Phi) is 4.23. The van der Waals surface area contributed by atoms with Gasteiger partial charge in [0.25, 0.3) is 5.91 Å². The molecule has 0 radical (unpaired) electrons. The molecule has 1 amide bonds. The van der Waals surface area contributed by atoms with Gasteiger partial charge < -0.3 is 14.2 Å². The second kappa shape index (κ2) is 6.01. The largest absolute Gasteiger partial charge is 0.364 e. The van der Waals surface area contributed by atoms with Gasteiger partial charge in [0.2, 0.25) is 0 Å². The summed E-state index contributed by atoms with van der Waals surface area (Å²) in [7, 11) is 3.58. The van der Waals surface area contributed by atoms with Crippen molar-refractivity contribution in [2.24, 2.45) is 5.92 Å². The minimum atomic E-state index is -0.260. The van der Waals surface area contributed by atoms with E-state index in [0.717, 1.165) is 43.9 Å². The molecular weight excluding hydrogens is 282 g/mol. The van der Waals surface area contributed by atoms with Crippen LogP contribution in [0.2, 0.25) is 0 Å². The number of carbonyl (C=O) groups is 1. The van der Waals surface area contributed by atoms with Crippen molar-refractivity contribution in [1.29, 1.82) is 0 Å². The Balaban J connectivity index is 1.61. The van der Waals surface area contributed by atoms with Crippen LogP contribution in [-0.4, -0.2) is 60.3 Å². The number of nitrogens with zero attached hydrogens (tertiary/aromatic N) is 3. The van der Waals surface area contributed by atoms with Gasteiger partial charge in [-0.25, -0.2) is 0 Å². The maximum atomic E-state index is 12.1. The highest BCUT2D eigenvalue weighted by atomic mass is 16.5. The Morgan fingerprint density at radius 2 is 2.18 bits per heavy atom. The van der Waals surface area contributed by atoms with E-state index >= 15 is 0 Å². The van der Waals surface area contributed by atoms with E-state index in [1.807, 2.05) is 13.8 Å². The van der Waals surface area contributed by atoms with E-state index in [1.165, 1.54) is 5.56 Å². The molecule has 1 aromatic heterocycles. The number of carbonyl (C=O) groups excluding carboxylic acids is 1. The number of hydrogen-bond donors (Lipinski definition) is 0. The van der Waals surface area contributed by atoms with Crippen LogP contribution < -0.4 is 0 Å². The molecule has 2 fully saturated rings. The van der Waals surface area contributed by atoms with Gasteiger partial charge >= 0.3 is 0 Å². The van der Waals surface area contributed by atoms with Crippen molar-refractivity contribution in [3.8, 4) is 0 Å². The van der Waals surface area contributed by atoms with Crippen LogP contribution in [0.25, 0.3) is 0 Å². The first-order valence-corrected chi connectivity index (χ1v) is 7.96. The Labute approximate surface area is 131 Å². The predicted octanol–water partition coefficient (Wildman–Crippen LogP) is 1.36. The zero-order chi connectivity index (χ0) is 15.9. The zero-order valence-corrected chi connectivity index (χ0v) is 13.8. The van der Waals surface area contributed by atoms with Crippen LogP contribution in [0.1, 0.15) is 29.9 Å². The van der Waals surface area contributed by atoms with E-state index in [4.69, 9.17) is 9.26 Å². The molecule has 0 saturated carbocycles. The number of fused-ring (bicyclic) bond motifs is 1. The lowest BCUT2D eigenvalue weighted by atomic mass is 9.91. The highest BCUT2D eigenvalue weighted by Crippen LogP contribution is 2.34. The maximum Gasteiger partial charge on any atom is 0.251 e. The molecule has 22 heavy (non-hydrogen) atoms. The van der Waals surface area contributed by atoms with E-state index in [-0.39, 0.29) is 18.1 Å². The molecular formula is C16H25N3O3.